The molecular formula is C22H39NO5. The Bertz CT molecular complexity index is 476. The third-order valence-corrected chi connectivity index (χ3v) is 4.40. The Morgan fingerprint density at radius 1 is 0.964 bits per heavy atom. The van der Waals surface area contributed by atoms with Crippen LogP contribution in [0.15, 0.2) is 12.2 Å². The SMILES string of the molecule is CCCCCC(C=CCN(CCCCCCC(=O)OCC)C(C)=O)OC(C)=O. The van der Waals surface area contributed by atoms with E-state index in [2.05, 4.69) is 6.92 Å². The number of carbonyl (C=O) groups is 3. The lowest BCUT2D eigenvalue weighted by Crippen LogP contribution is -2.30. The molecule has 28 heavy (non-hydrogen) atoms. The Balaban J connectivity index is 4.22. The average molecular weight is 398 g/mol. The van der Waals surface area contributed by atoms with Gasteiger partial charge in [-0.05, 0) is 38.7 Å². The minimum Gasteiger partial charge on any atom is -0.466 e. The summed E-state index contributed by atoms with van der Waals surface area (Å²) in [6, 6.07) is 0. The molecule has 0 heterocycles. The first-order chi connectivity index (χ1) is 13.4. The second-order valence-electron chi connectivity index (χ2n) is 7.01. The monoisotopic (exact) mass is 397 g/mol. The molecule has 0 spiro atoms. The van der Waals surface area contributed by atoms with Gasteiger partial charge in [-0.15, -0.1) is 0 Å². The van der Waals surface area contributed by atoms with E-state index >= 15 is 0 Å². The van der Waals surface area contributed by atoms with Crippen LogP contribution in [0.25, 0.3) is 0 Å². The molecule has 0 aliphatic carbocycles. The molecule has 0 fully saturated rings. The molecule has 6 heteroatoms. The zero-order valence-electron chi connectivity index (χ0n) is 18.2. The van der Waals surface area contributed by atoms with Crippen molar-refractivity contribution >= 4 is 17.8 Å². The summed E-state index contributed by atoms with van der Waals surface area (Å²) < 4.78 is 10.2. The van der Waals surface area contributed by atoms with Gasteiger partial charge in [0.05, 0.1) is 6.61 Å². The van der Waals surface area contributed by atoms with Gasteiger partial charge in [-0.3, -0.25) is 14.4 Å². The molecule has 0 radical (unpaired) electrons. The predicted molar refractivity (Wildman–Crippen MR) is 111 cm³/mol. The highest BCUT2D eigenvalue weighted by molar-refractivity contribution is 5.73. The van der Waals surface area contributed by atoms with E-state index in [9.17, 15) is 14.4 Å². The lowest BCUT2D eigenvalue weighted by Gasteiger charge is -2.20. The molecule has 6 nitrogen and oxygen atoms in total. The molecule has 0 bridgehead atoms. The van der Waals surface area contributed by atoms with Gasteiger partial charge in [0, 0.05) is 33.4 Å². The van der Waals surface area contributed by atoms with Crippen molar-refractivity contribution in [3.8, 4) is 0 Å². The summed E-state index contributed by atoms with van der Waals surface area (Å²) in [7, 11) is 0. The third kappa shape index (κ3) is 15.2. The molecule has 1 atom stereocenters. The van der Waals surface area contributed by atoms with E-state index in [1.807, 2.05) is 19.1 Å². The van der Waals surface area contributed by atoms with Gasteiger partial charge >= 0.3 is 11.9 Å². The van der Waals surface area contributed by atoms with Crippen molar-refractivity contribution in [2.24, 2.45) is 0 Å². The first-order valence-corrected chi connectivity index (χ1v) is 10.7. The van der Waals surface area contributed by atoms with Gasteiger partial charge in [-0.1, -0.05) is 38.7 Å². The van der Waals surface area contributed by atoms with Gasteiger partial charge in [0.15, 0.2) is 0 Å². The van der Waals surface area contributed by atoms with Gasteiger partial charge in [-0.2, -0.15) is 0 Å². The van der Waals surface area contributed by atoms with E-state index < -0.39 is 0 Å². The maximum absolute atomic E-state index is 11.8. The number of hydrogen-bond acceptors (Lipinski definition) is 5. The van der Waals surface area contributed by atoms with Gasteiger partial charge in [-0.25, -0.2) is 0 Å². The molecule has 1 unspecified atom stereocenters. The molecule has 0 aliphatic rings. The number of esters is 2. The van der Waals surface area contributed by atoms with E-state index in [1.54, 1.807) is 11.8 Å². The molecule has 162 valence electrons. The second-order valence-corrected chi connectivity index (χ2v) is 7.01. The second kappa shape index (κ2) is 17.3. The van der Waals surface area contributed by atoms with Gasteiger partial charge in [0.2, 0.25) is 5.91 Å². The number of ether oxygens (including phenoxy) is 2. The maximum atomic E-state index is 11.8. The van der Waals surface area contributed by atoms with Crippen molar-refractivity contribution in [2.45, 2.75) is 91.6 Å². The van der Waals surface area contributed by atoms with E-state index in [0.29, 0.717) is 26.1 Å². The summed E-state index contributed by atoms with van der Waals surface area (Å²) in [5, 5.41) is 0. The van der Waals surface area contributed by atoms with E-state index in [4.69, 9.17) is 9.47 Å². The molecule has 0 aliphatic heterocycles. The molecule has 1 amide bonds. The normalized spacial score (nSPS) is 12.0. The fraction of sp³-hybridized carbons (Fsp3) is 0.773. The summed E-state index contributed by atoms with van der Waals surface area (Å²) in [4.78, 5) is 36.2. The standard InChI is InChI=1S/C22H39NO5/c1-5-7-10-14-21(28-20(4)25)15-13-18-23(19(3)24)17-12-9-8-11-16-22(26)27-6-2/h13,15,21H,5-12,14,16-18H2,1-4H3. The number of nitrogens with zero attached hydrogens (tertiary/aromatic N) is 1. The average Bonchev–Trinajstić information content (AvgIpc) is 2.62. The first kappa shape index (κ1) is 26.1. The van der Waals surface area contributed by atoms with Crippen LogP contribution in [0.3, 0.4) is 0 Å². The molecular weight excluding hydrogens is 358 g/mol. The highest BCUT2D eigenvalue weighted by atomic mass is 16.5. The van der Waals surface area contributed by atoms with Crippen molar-refractivity contribution < 1.29 is 23.9 Å². The zero-order valence-corrected chi connectivity index (χ0v) is 18.2. The minimum atomic E-state index is -0.280. The van der Waals surface area contributed by atoms with Crippen molar-refractivity contribution in [3.63, 3.8) is 0 Å². The topological polar surface area (TPSA) is 72.9 Å². The van der Waals surface area contributed by atoms with Crippen LogP contribution in [0.2, 0.25) is 0 Å². The quantitative estimate of drug-likeness (QED) is 0.219. The van der Waals surface area contributed by atoms with Gasteiger partial charge in [0.1, 0.15) is 6.10 Å². The largest absolute Gasteiger partial charge is 0.466 e. The summed E-state index contributed by atoms with van der Waals surface area (Å²) in [6.07, 6.45) is 11.8. The van der Waals surface area contributed by atoms with Crippen LogP contribution < -0.4 is 0 Å². The number of rotatable bonds is 16. The Hall–Kier alpha value is -1.85. The van der Waals surface area contributed by atoms with Crippen molar-refractivity contribution in [1.82, 2.24) is 4.90 Å². The van der Waals surface area contributed by atoms with Crippen LogP contribution in [-0.2, 0) is 23.9 Å². The lowest BCUT2D eigenvalue weighted by molar-refractivity contribution is -0.145. The highest BCUT2D eigenvalue weighted by Crippen LogP contribution is 2.10. The third-order valence-electron chi connectivity index (χ3n) is 4.40. The van der Waals surface area contributed by atoms with Gasteiger partial charge in [0.25, 0.3) is 0 Å². The Morgan fingerprint density at radius 3 is 2.29 bits per heavy atom. The van der Waals surface area contributed by atoms with Gasteiger partial charge < -0.3 is 14.4 Å². The summed E-state index contributed by atoms with van der Waals surface area (Å²) in [6.45, 7) is 8.57. The fourth-order valence-electron chi connectivity index (χ4n) is 2.88. The smallest absolute Gasteiger partial charge is 0.305 e. The number of amides is 1. The van der Waals surface area contributed by atoms with Crippen LogP contribution in [-0.4, -0.2) is 48.5 Å². The lowest BCUT2D eigenvalue weighted by atomic mass is 10.1. The fourth-order valence-corrected chi connectivity index (χ4v) is 2.88. The van der Waals surface area contributed by atoms with E-state index in [-0.39, 0.29) is 23.9 Å². The Morgan fingerprint density at radius 2 is 1.68 bits per heavy atom. The van der Waals surface area contributed by atoms with Crippen LogP contribution in [0, 0.1) is 0 Å². The predicted octanol–water partition coefficient (Wildman–Crippen LogP) is 4.42. The van der Waals surface area contributed by atoms with Crippen molar-refractivity contribution in [1.29, 1.82) is 0 Å². The number of hydrogen-bond donors (Lipinski definition) is 0. The Kier molecular flexibility index (Phi) is 16.1. The molecule has 0 N–H and O–H groups in total. The number of carbonyl (C=O) groups excluding carboxylic acids is 3. The summed E-state index contributed by atoms with van der Waals surface area (Å²) >= 11 is 0. The molecule has 0 rings (SSSR count). The highest BCUT2D eigenvalue weighted by Gasteiger charge is 2.10. The molecule has 0 saturated carbocycles. The zero-order chi connectivity index (χ0) is 21.2. The van der Waals surface area contributed by atoms with Crippen LogP contribution in [0.4, 0.5) is 0 Å². The number of unbranched alkanes of at least 4 members (excludes halogenated alkanes) is 5. The molecule has 0 saturated heterocycles. The van der Waals surface area contributed by atoms with Crippen molar-refractivity contribution in [3.05, 3.63) is 12.2 Å². The van der Waals surface area contributed by atoms with Crippen molar-refractivity contribution in [2.75, 3.05) is 19.7 Å². The van der Waals surface area contributed by atoms with Crippen LogP contribution in [0.1, 0.15) is 85.5 Å². The molecule has 0 aromatic heterocycles. The van der Waals surface area contributed by atoms with Crippen LogP contribution in [0.5, 0.6) is 0 Å². The van der Waals surface area contributed by atoms with E-state index in [1.165, 1.54) is 6.92 Å². The summed E-state index contributed by atoms with van der Waals surface area (Å²) in [5.74, 6) is -0.386. The Labute approximate surface area is 170 Å². The maximum Gasteiger partial charge on any atom is 0.305 e. The first-order valence-electron chi connectivity index (χ1n) is 10.7. The summed E-state index contributed by atoms with van der Waals surface area (Å²) in [5.41, 5.74) is 0. The molecule has 0 aromatic carbocycles. The van der Waals surface area contributed by atoms with E-state index in [0.717, 1.165) is 51.4 Å². The molecule has 0 aromatic rings. The minimum absolute atomic E-state index is 0.0335. The van der Waals surface area contributed by atoms with Crippen LogP contribution >= 0.6 is 0 Å².